The number of amides is 2. The van der Waals surface area contributed by atoms with Gasteiger partial charge < -0.3 is 30.0 Å². The summed E-state index contributed by atoms with van der Waals surface area (Å²) in [6.45, 7) is 1.38. The van der Waals surface area contributed by atoms with Crippen LogP contribution in [-0.2, 0) is 16.0 Å². The number of hydrogen-bond donors (Lipinski definition) is 3. The van der Waals surface area contributed by atoms with Crippen molar-refractivity contribution in [3.63, 3.8) is 0 Å². The van der Waals surface area contributed by atoms with Crippen LogP contribution in [0.3, 0.4) is 0 Å². The molecular weight excluding hydrogens is 513 g/mol. The fraction of sp³-hybridized carbons (Fsp3) is 0.440. The number of aliphatic hydroxyl groups excluding tert-OH is 1. The highest BCUT2D eigenvalue weighted by Crippen LogP contribution is 2.49. The van der Waals surface area contributed by atoms with Gasteiger partial charge in [0.2, 0.25) is 11.7 Å². The zero-order valence-electron chi connectivity index (χ0n) is 20.8. The number of ether oxygens (including phenoxy) is 3. The SMILES string of the molecule is CCOc1cc2c(c(OC)c1OC)C1=CC=C(SC)C(O)C=C1C(NC(=O)CNC(=O)C(F)(F)F)CC2. The van der Waals surface area contributed by atoms with Crippen molar-refractivity contribution in [3.8, 4) is 17.2 Å². The van der Waals surface area contributed by atoms with E-state index in [0.29, 0.717) is 58.3 Å². The average molecular weight is 543 g/mol. The van der Waals surface area contributed by atoms with Crippen molar-refractivity contribution in [2.24, 2.45) is 0 Å². The van der Waals surface area contributed by atoms with E-state index in [1.54, 1.807) is 17.5 Å². The van der Waals surface area contributed by atoms with Gasteiger partial charge in [-0.25, -0.2) is 0 Å². The third-order valence-corrected chi connectivity index (χ3v) is 6.78. The molecule has 37 heavy (non-hydrogen) atoms. The first-order valence-electron chi connectivity index (χ1n) is 11.5. The number of carbonyl (C=O) groups is 2. The highest BCUT2D eigenvalue weighted by molar-refractivity contribution is 8.02. The number of benzene rings is 1. The van der Waals surface area contributed by atoms with Crippen LogP contribution in [0.2, 0.25) is 0 Å². The van der Waals surface area contributed by atoms with Gasteiger partial charge in [-0.3, -0.25) is 9.59 Å². The Balaban J connectivity index is 2.07. The molecule has 0 bridgehead atoms. The van der Waals surface area contributed by atoms with Crippen LogP contribution in [0.1, 0.15) is 24.5 Å². The maximum Gasteiger partial charge on any atom is 0.471 e. The maximum absolute atomic E-state index is 12.6. The van der Waals surface area contributed by atoms with Crippen molar-refractivity contribution in [2.75, 3.05) is 33.6 Å². The van der Waals surface area contributed by atoms with Crippen molar-refractivity contribution in [1.82, 2.24) is 10.6 Å². The van der Waals surface area contributed by atoms with Crippen LogP contribution in [0, 0.1) is 0 Å². The summed E-state index contributed by atoms with van der Waals surface area (Å²) < 4.78 is 54.7. The van der Waals surface area contributed by atoms with Gasteiger partial charge in [0.1, 0.15) is 6.10 Å². The van der Waals surface area contributed by atoms with Crippen molar-refractivity contribution in [3.05, 3.63) is 45.9 Å². The fourth-order valence-electron chi connectivity index (χ4n) is 4.34. The van der Waals surface area contributed by atoms with Gasteiger partial charge in [0.25, 0.3) is 0 Å². The second kappa shape index (κ2) is 12.0. The number of rotatable bonds is 8. The lowest BCUT2D eigenvalue weighted by Gasteiger charge is -2.23. The number of aliphatic hydroxyl groups is 1. The minimum atomic E-state index is -5.10. The van der Waals surface area contributed by atoms with E-state index in [2.05, 4.69) is 5.32 Å². The minimum Gasteiger partial charge on any atom is -0.492 e. The first-order chi connectivity index (χ1) is 17.5. The summed E-state index contributed by atoms with van der Waals surface area (Å²) in [6.07, 6.45) is 1.75. The van der Waals surface area contributed by atoms with E-state index in [1.807, 2.05) is 25.3 Å². The summed E-state index contributed by atoms with van der Waals surface area (Å²) in [7, 11) is 3.00. The average Bonchev–Trinajstić information content (AvgIpc) is 3.09. The molecule has 1 aromatic carbocycles. The molecule has 0 radical (unpaired) electrons. The standard InChI is InChI=1S/C25H29F3N2O6S/c1-5-36-18-10-13-6-8-16(30-20(32)12-29-24(33)25(26,27)28)15-11-17(31)19(37-4)9-7-14(15)21(13)23(35-3)22(18)34-2/h7,9-11,16-17,31H,5-6,8,12H2,1-4H3,(H,29,33)(H,30,32). The molecule has 2 atom stereocenters. The molecule has 202 valence electrons. The Kier molecular flexibility index (Phi) is 9.19. The van der Waals surface area contributed by atoms with Gasteiger partial charge in [-0.1, -0.05) is 6.08 Å². The number of methoxy groups -OCH3 is 2. The number of nitrogens with one attached hydrogen (secondary N) is 2. The summed E-state index contributed by atoms with van der Waals surface area (Å²) in [5, 5.41) is 15.1. The normalized spacial score (nSPS) is 19.1. The monoisotopic (exact) mass is 542 g/mol. The summed E-state index contributed by atoms with van der Waals surface area (Å²) in [6, 6.07) is 1.16. The van der Waals surface area contributed by atoms with Crippen molar-refractivity contribution in [1.29, 1.82) is 0 Å². The van der Waals surface area contributed by atoms with E-state index >= 15 is 0 Å². The molecule has 12 heteroatoms. The molecule has 2 amide bonds. The Morgan fingerprint density at radius 1 is 1.19 bits per heavy atom. The van der Waals surface area contributed by atoms with Crippen LogP contribution in [0.5, 0.6) is 17.2 Å². The van der Waals surface area contributed by atoms with Crippen LogP contribution < -0.4 is 24.8 Å². The Labute approximate surface area is 216 Å². The second-order valence-corrected chi connectivity index (χ2v) is 9.05. The summed E-state index contributed by atoms with van der Waals surface area (Å²) in [4.78, 5) is 24.4. The summed E-state index contributed by atoms with van der Waals surface area (Å²) in [5.74, 6) is -1.71. The van der Waals surface area contributed by atoms with E-state index in [9.17, 15) is 27.9 Å². The summed E-state index contributed by atoms with van der Waals surface area (Å²) in [5.41, 5.74) is 2.75. The zero-order valence-corrected chi connectivity index (χ0v) is 21.6. The molecule has 0 saturated carbocycles. The Bertz CT molecular complexity index is 1150. The lowest BCUT2D eigenvalue weighted by atomic mass is 9.91. The molecule has 2 aliphatic carbocycles. The van der Waals surface area contributed by atoms with Gasteiger partial charge in [0, 0.05) is 10.5 Å². The minimum absolute atomic E-state index is 0.359. The molecule has 0 heterocycles. The number of alkyl halides is 3. The maximum atomic E-state index is 12.6. The van der Waals surface area contributed by atoms with Gasteiger partial charge >= 0.3 is 12.1 Å². The zero-order chi connectivity index (χ0) is 27.3. The van der Waals surface area contributed by atoms with Crippen LogP contribution >= 0.6 is 11.8 Å². The van der Waals surface area contributed by atoms with Crippen molar-refractivity contribution < 1.29 is 42.1 Å². The number of aryl methyl sites for hydroxylation is 1. The van der Waals surface area contributed by atoms with Gasteiger partial charge in [-0.2, -0.15) is 13.2 Å². The third-order valence-electron chi connectivity index (χ3n) is 5.93. The molecule has 8 nitrogen and oxygen atoms in total. The lowest BCUT2D eigenvalue weighted by Crippen LogP contribution is -2.46. The van der Waals surface area contributed by atoms with Gasteiger partial charge in [0.15, 0.2) is 11.5 Å². The predicted octanol–water partition coefficient (Wildman–Crippen LogP) is 3.14. The molecular formula is C25H29F3N2O6S. The van der Waals surface area contributed by atoms with Crippen LogP contribution in [0.15, 0.2) is 34.8 Å². The van der Waals surface area contributed by atoms with Crippen LogP contribution in [-0.4, -0.2) is 68.9 Å². The molecule has 3 rings (SSSR count). The molecule has 0 fully saturated rings. The molecule has 1 aromatic rings. The largest absolute Gasteiger partial charge is 0.492 e. The Morgan fingerprint density at radius 2 is 1.89 bits per heavy atom. The second-order valence-electron chi connectivity index (χ2n) is 8.17. The molecule has 2 aliphatic rings. The molecule has 0 saturated heterocycles. The number of allylic oxidation sites excluding steroid dienone is 2. The summed E-state index contributed by atoms with van der Waals surface area (Å²) >= 11 is 1.36. The Morgan fingerprint density at radius 3 is 2.49 bits per heavy atom. The van der Waals surface area contributed by atoms with Gasteiger partial charge in [0.05, 0.1) is 33.4 Å². The topological polar surface area (TPSA) is 106 Å². The fourth-order valence-corrected chi connectivity index (χ4v) is 4.86. The van der Waals surface area contributed by atoms with Crippen molar-refractivity contribution >= 4 is 29.1 Å². The molecule has 0 spiro atoms. The van der Waals surface area contributed by atoms with E-state index in [0.717, 1.165) is 5.56 Å². The molecule has 0 aromatic heterocycles. The first-order valence-corrected chi connectivity index (χ1v) is 12.7. The van der Waals surface area contributed by atoms with E-state index in [-0.39, 0.29) is 0 Å². The van der Waals surface area contributed by atoms with E-state index in [1.165, 1.54) is 26.0 Å². The highest BCUT2D eigenvalue weighted by atomic mass is 32.2. The quantitative estimate of drug-likeness (QED) is 0.464. The smallest absolute Gasteiger partial charge is 0.471 e. The van der Waals surface area contributed by atoms with Crippen LogP contribution in [0.4, 0.5) is 13.2 Å². The highest BCUT2D eigenvalue weighted by Gasteiger charge is 2.39. The lowest BCUT2D eigenvalue weighted by molar-refractivity contribution is -0.173. The number of fused-ring (bicyclic) bond motifs is 3. The third kappa shape index (κ3) is 6.24. The number of halogens is 3. The number of thioether (sulfide) groups is 1. The molecule has 3 N–H and O–H groups in total. The Hall–Kier alpha value is -3.12. The number of carbonyl (C=O) groups excluding carboxylic acids is 2. The predicted molar refractivity (Wildman–Crippen MR) is 134 cm³/mol. The molecule has 2 unspecified atom stereocenters. The van der Waals surface area contributed by atoms with Crippen LogP contribution in [0.25, 0.3) is 5.57 Å². The molecule has 0 aliphatic heterocycles. The first kappa shape index (κ1) is 28.5. The van der Waals surface area contributed by atoms with E-state index in [4.69, 9.17) is 14.2 Å². The van der Waals surface area contributed by atoms with Gasteiger partial charge in [-0.15, -0.1) is 11.8 Å². The van der Waals surface area contributed by atoms with Gasteiger partial charge in [-0.05, 0) is 60.9 Å². The number of hydrogen-bond acceptors (Lipinski definition) is 7. The van der Waals surface area contributed by atoms with E-state index < -0.39 is 36.7 Å². The van der Waals surface area contributed by atoms with Crippen molar-refractivity contribution in [2.45, 2.75) is 38.1 Å².